The average molecular weight is 257 g/mol. The van der Waals surface area contributed by atoms with Gasteiger partial charge in [-0.25, -0.2) is 4.39 Å². The van der Waals surface area contributed by atoms with Gasteiger partial charge in [0.05, 0.1) is 26.0 Å². The predicted octanol–water partition coefficient (Wildman–Crippen LogP) is 1.01. The standard InChI is InChI=1S/C10H12FN3O2S/c1-15-6-3-8(11)7(9(4-6)16-2)5-13-14-10(12)17/h3-5H,1-2H3,(H3,12,14,17). The minimum Gasteiger partial charge on any atom is -0.497 e. The molecule has 0 saturated carbocycles. The van der Waals surface area contributed by atoms with Crippen LogP contribution in [0.1, 0.15) is 5.56 Å². The predicted molar refractivity (Wildman–Crippen MR) is 67.0 cm³/mol. The summed E-state index contributed by atoms with van der Waals surface area (Å²) in [6.07, 6.45) is 1.23. The molecule has 1 aromatic rings. The van der Waals surface area contributed by atoms with Crippen LogP contribution in [0.25, 0.3) is 0 Å². The molecule has 0 bridgehead atoms. The Balaban J connectivity index is 3.05. The van der Waals surface area contributed by atoms with Crippen molar-refractivity contribution in [3.63, 3.8) is 0 Å². The van der Waals surface area contributed by atoms with Crippen molar-refractivity contribution in [3.8, 4) is 11.5 Å². The Hall–Kier alpha value is -1.89. The lowest BCUT2D eigenvalue weighted by Crippen LogP contribution is -2.24. The van der Waals surface area contributed by atoms with E-state index >= 15 is 0 Å². The van der Waals surface area contributed by atoms with Crippen LogP contribution in [-0.4, -0.2) is 25.5 Å². The summed E-state index contributed by atoms with van der Waals surface area (Å²) in [6.45, 7) is 0. The average Bonchev–Trinajstić information content (AvgIpc) is 2.30. The first kappa shape index (κ1) is 13.2. The number of rotatable bonds is 4. The molecule has 0 aliphatic rings. The van der Waals surface area contributed by atoms with E-state index in [1.165, 1.54) is 26.5 Å². The summed E-state index contributed by atoms with van der Waals surface area (Å²) < 4.78 is 23.6. The van der Waals surface area contributed by atoms with Crippen molar-refractivity contribution < 1.29 is 13.9 Å². The molecular formula is C10H12FN3O2S. The van der Waals surface area contributed by atoms with Gasteiger partial charge in [0, 0.05) is 12.1 Å². The number of hydrazone groups is 1. The SMILES string of the molecule is COc1cc(F)c(C=NNC(N)=S)c(OC)c1. The highest BCUT2D eigenvalue weighted by atomic mass is 32.1. The lowest BCUT2D eigenvalue weighted by molar-refractivity contribution is 0.388. The molecule has 0 spiro atoms. The number of methoxy groups -OCH3 is 2. The summed E-state index contributed by atoms with van der Waals surface area (Å²) in [4.78, 5) is 0. The van der Waals surface area contributed by atoms with Crippen LogP contribution in [0, 0.1) is 5.82 Å². The Labute approximate surface area is 103 Å². The smallest absolute Gasteiger partial charge is 0.184 e. The maximum Gasteiger partial charge on any atom is 0.184 e. The third-order valence-electron chi connectivity index (χ3n) is 1.89. The number of nitrogens with zero attached hydrogens (tertiary/aromatic N) is 1. The van der Waals surface area contributed by atoms with Crippen LogP contribution in [0.3, 0.4) is 0 Å². The largest absolute Gasteiger partial charge is 0.497 e. The topological polar surface area (TPSA) is 68.9 Å². The molecule has 92 valence electrons. The molecule has 0 saturated heterocycles. The zero-order valence-electron chi connectivity index (χ0n) is 9.36. The van der Waals surface area contributed by atoms with Crippen molar-refractivity contribution in [3.05, 3.63) is 23.5 Å². The summed E-state index contributed by atoms with van der Waals surface area (Å²) in [5.41, 5.74) is 7.68. The minimum absolute atomic E-state index is 0.00543. The van der Waals surface area contributed by atoms with Crippen molar-refractivity contribution in [2.75, 3.05) is 14.2 Å². The monoisotopic (exact) mass is 257 g/mol. The van der Waals surface area contributed by atoms with Crippen molar-refractivity contribution in [1.82, 2.24) is 5.43 Å². The maximum absolute atomic E-state index is 13.7. The van der Waals surface area contributed by atoms with E-state index in [-0.39, 0.29) is 10.7 Å². The number of nitrogens with two attached hydrogens (primary N) is 1. The molecule has 7 heteroatoms. The second-order valence-corrected chi connectivity index (χ2v) is 3.40. The molecule has 0 unspecified atom stereocenters. The highest BCUT2D eigenvalue weighted by Crippen LogP contribution is 2.26. The fourth-order valence-electron chi connectivity index (χ4n) is 1.14. The Bertz CT molecular complexity index is 451. The number of hydrogen-bond donors (Lipinski definition) is 2. The van der Waals surface area contributed by atoms with Crippen LogP contribution in [0.4, 0.5) is 4.39 Å². The Morgan fingerprint density at radius 3 is 2.71 bits per heavy atom. The molecule has 17 heavy (non-hydrogen) atoms. The number of hydrogen-bond acceptors (Lipinski definition) is 4. The zero-order chi connectivity index (χ0) is 12.8. The summed E-state index contributed by atoms with van der Waals surface area (Å²) in [7, 11) is 2.86. The molecule has 0 atom stereocenters. The minimum atomic E-state index is -0.519. The van der Waals surface area contributed by atoms with E-state index in [9.17, 15) is 4.39 Å². The van der Waals surface area contributed by atoms with Gasteiger partial charge < -0.3 is 15.2 Å². The van der Waals surface area contributed by atoms with Crippen LogP contribution >= 0.6 is 12.2 Å². The highest BCUT2D eigenvalue weighted by molar-refractivity contribution is 7.80. The van der Waals surface area contributed by atoms with Crippen molar-refractivity contribution in [2.45, 2.75) is 0 Å². The number of nitrogens with one attached hydrogen (secondary N) is 1. The van der Waals surface area contributed by atoms with Gasteiger partial charge in [-0.15, -0.1) is 0 Å². The number of halogens is 1. The third kappa shape index (κ3) is 3.56. The van der Waals surface area contributed by atoms with E-state index < -0.39 is 5.82 Å². The third-order valence-corrected chi connectivity index (χ3v) is 1.98. The molecule has 3 N–H and O–H groups in total. The molecular weight excluding hydrogens is 245 g/mol. The molecule has 0 amide bonds. The molecule has 1 rings (SSSR count). The van der Waals surface area contributed by atoms with E-state index in [0.717, 1.165) is 0 Å². The number of ether oxygens (including phenoxy) is 2. The summed E-state index contributed by atoms with van der Waals surface area (Å²) in [5, 5.41) is 3.66. The lowest BCUT2D eigenvalue weighted by atomic mass is 10.2. The van der Waals surface area contributed by atoms with Gasteiger partial charge >= 0.3 is 0 Å². The van der Waals surface area contributed by atoms with Crippen LogP contribution in [-0.2, 0) is 0 Å². The zero-order valence-corrected chi connectivity index (χ0v) is 10.2. The first-order chi connectivity index (χ1) is 8.08. The van der Waals surface area contributed by atoms with Crippen LogP contribution < -0.4 is 20.6 Å². The molecule has 0 aromatic heterocycles. The Morgan fingerprint density at radius 1 is 1.47 bits per heavy atom. The van der Waals surface area contributed by atoms with Gasteiger partial charge in [0.15, 0.2) is 5.11 Å². The van der Waals surface area contributed by atoms with E-state index in [4.69, 9.17) is 15.2 Å². The Morgan fingerprint density at radius 2 is 2.18 bits per heavy atom. The maximum atomic E-state index is 13.7. The second-order valence-electron chi connectivity index (χ2n) is 2.96. The van der Waals surface area contributed by atoms with Gasteiger partial charge in [0.1, 0.15) is 17.3 Å². The van der Waals surface area contributed by atoms with Crippen LogP contribution in [0.15, 0.2) is 17.2 Å². The van der Waals surface area contributed by atoms with E-state index in [0.29, 0.717) is 11.5 Å². The molecule has 0 heterocycles. The molecule has 5 nitrogen and oxygen atoms in total. The fraction of sp³-hybridized carbons (Fsp3) is 0.200. The first-order valence-corrected chi connectivity index (χ1v) is 4.99. The summed E-state index contributed by atoms with van der Waals surface area (Å²) >= 11 is 4.55. The Kier molecular flexibility index (Phi) is 4.65. The lowest BCUT2D eigenvalue weighted by Gasteiger charge is -2.08. The molecule has 0 fully saturated rings. The van der Waals surface area contributed by atoms with E-state index in [2.05, 4.69) is 22.7 Å². The molecule has 0 radical (unpaired) electrons. The van der Waals surface area contributed by atoms with Gasteiger partial charge in [-0.3, -0.25) is 5.43 Å². The second kappa shape index (κ2) is 6.00. The molecule has 0 aliphatic heterocycles. The van der Waals surface area contributed by atoms with Crippen molar-refractivity contribution in [1.29, 1.82) is 0 Å². The van der Waals surface area contributed by atoms with Gasteiger partial charge in [-0.05, 0) is 12.2 Å². The van der Waals surface area contributed by atoms with Gasteiger partial charge in [-0.1, -0.05) is 0 Å². The quantitative estimate of drug-likeness (QED) is 0.478. The van der Waals surface area contributed by atoms with Crippen LogP contribution in [0.5, 0.6) is 11.5 Å². The van der Waals surface area contributed by atoms with E-state index in [1.807, 2.05) is 0 Å². The van der Waals surface area contributed by atoms with Crippen LogP contribution in [0.2, 0.25) is 0 Å². The fourth-order valence-corrected chi connectivity index (χ4v) is 1.19. The van der Waals surface area contributed by atoms with Gasteiger partial charge in [0.2, 0.25) is 0 Å². The summed E-state index contributed by atoms with van der Waals surface area (Å²) in [5.74, 6) is 0.142. The summed E-state index contributed by atoms with van der Waals surface area (Å²) in [6, 6.07) is 2.77. The van der Waals surface area contributed by atoms with E-state index in [1.54, 1.807) is 6.07 Å². The number of benzene rings is 1. The highest BCUT2D eigenvalue weighted by Gasteiger charge is 2.10. The molecule has 1 aromatic carbocycles. The van der Waals surface area contributed by atoms with Gasteiger partial charge in [-0.2, -0.15) is 5.10 Å². The number of thiocarbonyl (C=S) groups is 1. The van der Waals surface area contributed by atoms with Crippen molar-refractivity contribution in [2.24, 2.45) is 10.8 Å². The van der Waals surface area contributed by atoms with Crippen molar-refractivity contribution >= 4 is 23.5 Å². The van der Waals surface area contributed by atoms with Gasteiger partial charge in [0.25, 0.3) is 0 Å². The molecule has 0 aliphatic carbocycles. The normalized spacial score (nSPS) is 10.3. The first-order valence-electron chi connectivity index (χ1n) is 4.58.